The molecule has 144 valence electrons. The number of fused-ring (bicyclic) bond motifs is 5. The smallest absolute Gasteiger partial charge is 0.256 e. The molecule has 3 heteroatoms. The lowest BCUT2D eigenvalue weighted by atomic mass is 9.80. The fourth-order valence-corrected chi connectivity index (χ4v) is 4.88. The van der Waals surface area contributed by atoms with Gasteiger partial charge in [-0.05, 0) is 69.2 Å². The van der Waals surface area contributed by atoms with Crippen molar-refractivity contribution in [1.82, 2.24) is 4.98 Å². The molecule has 1 heterocycles. The highest BCUT2D eigenvalue weighted by molar-refractivity contribution is 6.16. The average Bonchev–Trinajstić information content (AvgIpc) is 2.76. The molecular weight excluding hydrogens is 376 g/mol. The van der Waals surface area contributed by atoms with E-state index < -0.39 is 5.92 Å². The van der Waals surface area contributed by atoms with E-state index in [1.165, 1.54) is 0 Å². The van der Waals surface area contributed by atoms with Crippen LogP contribution < -0.4 is 0 Å². The SMILES string of the molecule is C=Cc1c(C)ccc2c1cc1c3c(nccc32)-c2cc3ccccc3cc2C1(F)F. The Bertz CT molecular complexity index is 1550. The highest BCUT2D eigenvalue weighted by Gasteiger charge is 2.43. The Balaban J connectivity index is 1.86. The number of hydrogen-bond donors (Lipinski definition) is 0. The molecule has 0 radical (unpaired) electrons. The number of aromatic nitrogens is 1. The average molecular weight is 393 g/mol. The zero-order valence-corrected chi connectivity index (χ0v) is 16.3. The van der Waals surface area contributed by atoms with Gasteiger partial charge in [0.25, 0.3) is 5.92 Å². The van der Waals surface area contributed by atoms with E-state index in [2.05, 4.69) is 11.6 Å². The maximum Gasteiger partial charge on any atom is 0.299 e. The highest BCUT2D eigenvalue weighted by Crippen LogP contribution is 2.52. The summed E-state index contributed by atoms with van der Waals surface area (Å²) in [5.41, 5.74) is 3.07. The number of nitrogens with zero attached hydrogens (tertiary/aromatic N) is 1. The van der Waals surface area contributed by atoms with Gasteiger partial charge in [0.2, 0.25) is 0 Å². The molecule has 0 spiro atoms. The van der Waals surface area contributed by atoms with Crippen molar-refractivity contribution in [3.05, 3.63) is 95.7 Å². The van der Waals surface area contributed by atoms with Gasteiger partial charge in [0.05, 0.1) is 5.69 Å². The van der Waals surface area contributed by atoms with Gasteiger partial charge in [0.1, 0.15) is 0 Å². The summed E-state index contributed by atoms with van der Waals surface area (Å²) in [7, 11) is 0. The molecule has 30 heavy (non-hydrogen) atoms. The van der Waals surface area contributed by atoms with Gasteiger partial charge < -0.3 is 0 Å². The summed E-state index contributed by atoms with van der Waals surface area (Å²) in [6, 6.07) is 18.6. The Kier molecular flexibility index (Phi) is 3.30. The minimum absolute atomic E-state index is 0.0147. The van der Waals surface area contributed by atoms with Crippen LogP contribution in [0.4, 0.5) is 8.78 Å². The van der Waals surface area contributed by atoms with Crippen molar-refractivity contribution in [3.8, 4) is 11.3 Å². The van der Waals surface area contributed by atoms with Crippen LogP contribution in [0.3, 0.4) is 0 Å². The van der Waals surface area contributed by atoms with E-state index in [1.54, 1.807) is 24.4 Å². The van der Waals surface area contributed by atoms with Gasteiger partial charge in [0.15, 0.2) is 0 Å². The zero-order chi connectivity index (χ0) is 20.6. The van der Waals surface area contributed by atoms with Crippen LogP contribution in [0.15, 0.2) is 73.4 Å². The zero-order valence-electron chi connectivity index (χ0n) is 16.3. The van der Waals surface area contributed by atoms with E-state index in [4.69, 9.17) is 0 Å². The van der Waals surface area contributed by atoms with E-state index in [-0.39, 0.29) is 11.1 Å². The number of hydrogen-bond acceptors (Lipinski definition) is 1. The third kappa shape index (κ3) is 2.07. The molecule has 4 aromatic carbocycles. The van der Waals surface area contributed by atoms with E-state index >= 15 is 8.78 Å². The molecular formula is C27H17F2N. The molecule has 0 unspecified atom stereocenters. The predicted molar refractivity (Wildman–Crippen MR) is 120 cm³/mol. The fraction of sp³-hybridized carbons (Fsp3) is 0.0741. The second kappa shape index (κ2) is 5.73. The number of halogens is 2. The first kappa shape index (κ1) is 17.3. The minimum atomic E-state index is -3.12. The maximum atomic E-state index is 16.0. The van der Waals surface area contributed by atoms with E-state index in [0.717, 1.165) is 38.1 Å². The molecule has 1 aliphatic rings. The molecule has 1 aliphatic carbocycles. The van der Waals surface area contributed by atoms with Crippen molar-refractivity contribution >= 4 is 38.4 Å². The maximum absolute atomic E-state index is 16.0. The lowest BCUT2D eigenvalue weighted by Crippen LogP contribution is -2.21. The molecule has 1 nitrogen and oxygen atoms in total. The summed E-state index contributed by atoms with van der Waals surface area (Å²) < 4.78 is 32.0. The van der Waals surface area contributed by atoms with Crippen LogP contribution >= 0.6 is 0 Å². The molecule has 0 saturated carbocycles. The largest absolute Gasteiger partial charge is 0.299 e. The minimum Gasteiger partial charge on any atom is -0.256 e. The van der Waals surface area contributed by atoms with Gasteiger partial charge in [-0.15, -0.1) is 0 Å². The molecule has 0 amide bonds. The first-order chi connectivity index (χ1) is 14.5. The summed E-state index contributed by atoms with van der Waals surface area (Å²) in [4.78, 5) is 4.56. The Hall–Kier alpha value is -3.59. The molecule has 5 aromatic rings. The van der Waals surface area contributed by atoms with Gasteiger partial charge in [-0.1, -0.05) is 49.1 Å². The summed E-state index contributed by atoms with van der Waals surface area (Å²) in [6.07, 6.45) is 3.47. The summed E-state index contributed by atoms with van der Waals surface area (Å²) in [5, 5.41) is 4.81. The quantitative estimate of drug-likeness (QED) is 0.267. The Labute approximate surface area is 172 Å². The molecule has 0 saturated heterocycles. The third-order valence-electron chi connectivity index (χ3n) is 6.33. The van der Waals surface area contributed by atoms with Gasteiger partial charge in [0, 0.05) is 28.3 Å². The van der Waals surface area contributed by atoms with Crippen molar-refractivity contribution in [1.29, 1.82) is 0 Å². The molecule has 0 aliphatic heterocycles. The third-order valence-corrected chi connectivity index (χ3v) is 6.33. The number of pyridine rings is 1. The van der Waals surface area contributed by atoms with Crippen LogP contribution in [0.2, 0.25) is 0 Å². The van der Waals surface area contributed by atoms with Crippen LogP contribution in [0.1, 0.15) is 22.3 Å². The van der Waals surface area contributed by atoms with Crippen LogP contribution in [0.5, 0.6) is 0 Å². The van der Waals surface area contributed by atoms with Crippen LogP contribution in [-0.4, -0.2) is 4.98 Å². The van der Waals surface area contributed by atoms with E-state index in [0.29, 0.717) is 16.6 Å². The predicted octanol–water partition coefficient (Wildman–Crippen LogP) is 7.61. The van der Waals surface area contributed by atoms with Crippen LogP contribution in [0.25, 0.3) is 49.7 Å². The van der Waals surface area contributed by atoms with Gasteiger partial charge in [-0.25, -0.2) is 0 Å². The Morgan fingerprint density at radius 3 is 2.40 bits per heavy atom. The topological polar surface area (TPSA) is 12.9 Å². The first-order valence-electron chi connectivity index (χ1n) is 9.90. The Morgan fingerprint density at radius 2 is 1.63 bits per heavy atom. The lowest BCUT2D eigenvalue weighted by molar-refractivity contribution is 0.0445. The normalized spacial score (nSPS) is 14.2. The van der Waals surface area contributed by atoms with Crippen LogP contribution in [-0.2, 0) is 5.92 Å². The summed E-state index contributed by atoms with van der Waals surface area (Å²) >= 11 is 0. The molecule has 0 atom stereocenters. The van der Waals surface area contributed by atoms with Crippen molar-refractivity contribution in [2.45, 2.75) is 12.8 Å². The van der Waals surface area contributed by atoms with Crippen LogP contribution in [0, 0.1) is 6.92 Å². The standard InChI is InChI=1S/C27H17F2N/c1-3-18-15(2)8-9-19-20-10-11-30-26-22-12-16-6-4-5-7-17(16)13-23(22)27(28,29)24(25(20)26)14-21(18)19/h3-14H,1H2,2H3. The number of benzene rings is 4. The monoisotopic (exact) mass is 393 g/mol. The number of alkyl halides is 2. The Morgan fingerprint density at radius 1 is 0.867 bits per heavy atom. The highest BCUT2D eigenvalue weighted by atomic mass is 19.3. The fourth-order valence-electron chi connectivity index (χ4n) is 4.88. The molecule has 1 aromatic heterocycles. The van der Waals surface area contributed by atoms with Crippen molar-refractivity contribution < 1.29 is 8.78 Å². The second-order valence-corrected chi connectivity index (χ2v) is 7.92. The van der Waals surface area contributed by atoms with E-state index in [1.807, 2.05) is 55.5 Å². The summed E-state index contributed by atoms with van der Waals surface area (Å²) in [6.45, 7) is 5.89. The molecule has 0 bridgehead atoms. The lowest BCUT2D eigenvalue weighted by Gasteiger charge is -2.29. The molecule has 0 N–H and O–H groups in total. The second-order valence-electron chi connectivity index (χ2n) is 7.92. The number of rotatable bonds is 1. The van der Waals surface area contributed by atoms with Crippen molar-refractivity contribution in [2.75, 3.05) is 0 Å². The molecule has 6 rings (SSSR count). The van der Waals surface area contributed by atoms with Crippen molar-refractivity contribution in [3.63, 3.8) is 0 Å². The summed E-state index contributed by atoms with van der Waals surface area (Å²) in [5.74, 6) is -3.12. The van der Waals surface area contributed by atoms with Gasteiger partial charge in [-0.2, -0.15) is 8.78 Å². The van der Waals surface area contributed by atoms with E-state index in [9.17, 15) is 0 Å². The number of aryl methyl sites for hydroxylation is 1. The van der Waals surface area contributed by atoms with Crippen molar-refractivity contribution in [2.24, 2.45) is 0 Å². The van der Waals surface area contributed by atoms with Gasteiger partial charge >= 0.3 is 0 Å². The van der Waals surface area contributed by atoms with Gasteiger partial charge in [-0.3, -0.25) is 4.98 Å². The first-order valence-corrected chi connectivity index (χ1v) is 9.90. The molecule has 0 fully saturated rings.